The molecular formula is C3H2N3O. The Morgan fingerprint density at radius 1 is 1.57 bits per heavy atom. The predicted octanol–water partition coefficient (Wildman–Crippen LogP) is 0.0119. The van der Waals surface area contributed by atoms with Gasteiger partial charge in [-0.25, -0.2) is 0 Å². The molecule has 0 spiro atoms. The quantitative estimate of drug-likeness (QED) is 0.419. The maximum atomic E-state index is 10.1. The van der Waals surface area contributed by atoms with Crippen molar-refractivity contribution < 1.29 is 4.79 Å². The van der Waals surface area contributed by atoms with Gasteiger partial charge in [0.15, 0.2) is 0 Å². The van der Waals surface area contributed by atoms with Gasteiger partial charge in [0.2, 0.25) is 0 Å². The minimum atomic E-state index is -0.352. The fourth-order valence-corrected chi connectivity index (χ4v) is 0.230. The smallest absolute Gasteiger partial charge is 0.266 e. The van der Waals surface area contributed by atoms with Crippen molar-refractivity contribution in [2.24, 2.45) is 10.3 Å². The maximum Gasteiger partial charge on any atom is 0.291 e. The Hall–Kier alpha value is -1.19. The zero-order valence-electron chi connectivity index (χ0n) is 3.40. The molecule has 4 heteroatoms. The highest BCUT2D eigenvalue weighted by Gasteiger charge is 1.95. The van der Waals surface area contributed by atoms with E-state index in [9.17, 15) is 4.79 Å². The summed E-state index contributed by atoms with van der Waals surface area (Å²) >= 11 is 0. The molecule has 1 aliphatic heterocycles. The molecule has 1 rings (SSSR count). The number of rotatable bonds is 0. The molecule has 0 N–H and O–H groups in total. The van der Waals surface area contributed by atoms with E-state index in [1.165, 1.54) is 12.3 Å². The molecule has 0 aromatic carbocycles. The average molecular weight is 96.1 g/mol. The van der Waals surface area contributed by atoms with Crippen LogP contribution in [0.4, 0.5) is 0 Å². The van der Waals surface area contributed by atoms with Crippen LogP contribution in [-0.2, 0) is 4.79 Å². The number of hydrogen-bond acceptors (Lipinski definition) is 3. The highest BCUT2D eigenvalue weighted by molar-refractivity contribution is 5.87. The Balaban J connectivity index is 2.66. The molecule has 1 amide bonds. The summed E-state index contributed by atoms with van der Waals surface area (Å²) < 4.78 is 0. The van der Waals surface area contributed by atoms with Crippen molar-refractivity contribution in [3.05, 3.63) is 12.3 Å². The molecular weight excluding hydrogens is 94.1 g/mol. The van der Waals surface area contributed by atoms with Gasteiger partial charge in [0.25, 0.3) is 5.91 Å². The van der Waals surface area contributed by atoms with E-state index in [-0.39, 0.29) is 5.91 Å². The number of amides is 1. The van der Waals surface area contributed by atoms with E-state index in [0.717, 1.165) is 0 Å². The highest BCUT2D eigenvalue weighted by Crippen LogP contribution is 1.85. The Labute approximate surface area is 39.9 Å². The Kier molecular flexibility index (Phi) is 0.856. The molecule has 0 aromatic rings. The van der Waals surface area contributed by atoms with Crippen molar-refractivity contribution in [1.82, 2.24) is 5.43 Å². The number of carbonyl (C=O) groups excluding carboxylic acids is 1. The summed E-state index contributed by atoms with van der Waals surface area (Å²) in [5, 5.41) is 6.36. The molecule has 4 nitrogen and oxygen atoms in total. The van der Waals surface area contributed by atoms with Gasteiger partial charge in [-0.1, -0.05) is 5.43 Å². The third-order valence-electron chi connectivity index (χ3n) is 0.479. The Morgan fingerprint density at radius 3 is 2.71 bits per heavy atom. The standard InChI is InChI=1S/C3H2N3O/c7-3-1-2-4-6-5-3/h1-2H. The zero-order chi connectivity index (χ0) is 5.11. The molecule has 35 valence electrons. The van der Waals surface area contributed by atoms with Crippen molar-refractivity contribution in [3.8, 4) is 0 Å². The lowest BCUT2D eigenvalue weighted by Gasteiger charge is -1.86. The summed E-state index contributed by atoms with van der Waals surface area (Å²) in [5.41, 5.74) is 3.06. The van der Waals surface area contributed by atoms with Crippen LogP contribution < -0.4 is 5.43 Å². The third-order valence-corrected chi connectivity index (χ3v) is 0.479. The molecule has 7 heavy (non-hydrogen) atoms. The van der Waals surface area contributed by atoms with Crippen molar-refractivity contribution in [3.63, 3.8) is 0 Å². The van der Waals surface area contributed by atoms with Crippen LogP contribution in [-0.4, -0.2) is 5.91 Å². The van der Waals surface area contributed by atoms with E-state index >= 15 is 0 Å². The molecule has 0 aliphatic carbocycles. The van der Waals surface area contributed by atoms with Crippen LogP contribution in [0.2, 0.25) is 0 Å². The van der Waals surface area contributed by atoms with Gasteiger partial charge in [0.1, 0.15) is 0 Å². The molecule has 0 unspecified atom stereocenters. The first kappa shape index (κ1) is 3.98. The number of carbonyl (C=O) groups is 1. The molecule has 0 fully saturated rings. The number of nitrogens with zero attached hydrogens (tertiary/aromatic N) is 3. The van der Waals surface area contributed by atoms with E-state index in [4.69, 9.17) is 0 Å². The van der Waals surface area contributed by atoms with Crippen LogP contribution in [0, 0.1) is 0 Å². The molecule has 0 aromatic heterocycles. The lowest BCUT2D eigenvalue weighted by Crippen LogP contribution is -2.06. The highest BCUT2D eigenvalue weighted by atomic mass is 16.2. The van der Waals surface area contributed by atoms with E-state index in [2.05, 4.69) is 15.8 Å². The summed E-state index contributed by atoms with van der Waals surface area (Å²) in [5.74, 6) is -0.352. The van der Waals surface area contributed by atoms with Crippen molar-refractivity contribution in [2.75, 3.05) is 0 Å². The Morgan fingerprint density at radius 2 is 2.43 bits per heavy atom. The summed E-state index contributed by atoms with van der Waals surface area (Å²) in [6.45, 7) is 0. The van der Waals surface area contributed by atoms with Crippen LogP contribution >= 0.6 is 0 Å². The van der Waals surface area contributed by atoms with Crippen LogP contribution in [0.25, 0.3) is 0 Å². The van der Waals surface area contributed by atoms with Crippen LogP contribution in [0.3, 0.4) is 0 Å². The lowest BCUT2D eigenvalue weighted by molar-refractivity contribution is -0.117. The maximum absolute atomic E-state index is 10.1. The van der Waals surface area contributed by atoms with Crippen molar-refractivity contribution >= 4 is 5.91 Å². The second-order valence-electron chi connectivity index (χ2n) is 0.959. The topological polar surface area (TPSA) is 55.9 Å². The van der Waals surface area contributed by atoms with Crippen LogP contribution in [0.5, 0.6) is 0 Å². The van der Waals surface area contributed by atoms with E-state index in [0.29, 0.717) is 0 Å². The van der Waals surface area contributed by atoms with E-state index in [1.54, 1.807) is 0 Å². The van der Waals surface area contributed by atoms with E-state index in [1.807, 2.05) is 0 Å². The zero-order valence-corrected chi connectivity index (χ0v) is 3.40. The van der Waals surface area contributed by atoms with Crippen molar-refractivity contribution in [2.45, 2.75) is 0 Å². The minimum Gasteiger partial charge on any atom is -0.266 e. The second-order valence-corrected chi connectivity index (χ2v) is 0.959. The fraction of sp³-hybridized carbons (Fsp3) is 0. The first-order valence-corrected chi connectivity index (χ1v) is 1.71. The Bertz CT molecular complexity index is 137. The normalized spacial score (nSPS) is 16.9. The molecule has 1 radical (unpaired) electrons. The van der Waals surface area contributed by atoms with Crippen molar-refractivity contribution in [1.29, 1.82) is 0 Å². The van der Waals surface area contributed by atoms with Gasteiger partial charge >= 0.3 is 0 Å². The summed E-state index contributed by atoms with van der Waals surface area (Å²) in [6, 6.07) is 0. The molecule has 0 saturated heterocycles. The molecule has 0 bridgehead atoms. The second kappa shape index (κ2) is 1.51. The molecule has 1 aliphatic rings. The molecule has 0 saturated carbocycles. The minimum absolute atomic E-state index is 0.352. The molecule has 1 heterocycles. The summed E-state index contributed by atoms with van der Waals surface area (Å²) in [4.78, 5) is 10.1. The lowest BCUT2D eigenvalue weighted by atomic mass is 10.6. The van der Waals surface area contributed by atoms with Gasteiger partial charge in [-0.15, -0.1) is 5.11 Å². The van der Waals surface area contributed by atoms with Crippen LogP contribution in [0.15, 0.2) is 22.6 Å². The van der Waals surface area contributed by atoms with E-state index < -0.39 is 0 Å². The van der Waals surface area contributed by atoms with Gasteiger partial charge in [-0.3, -0.25) is 4.79 Å². The predicted molar refractivity (Wildman–Crippen MR) is 21.1 cm³/mol. The fourth-order valence-electron chi connectivity index (χ4n) is 0.230. The largest absolute Gasteiger partial charge is 0.291 e. The monoisotopic (exact) mass is 96.0 g/mol. The molecule has 0 atom stereocenters. The summed E-state index contributed by atoms with van der Waals surface area (Å²) in [7, 11) is 0. The summed E-state index contributed by atoms with van der Waals surface area (Å²) in [6.07, 6.45) is 2.54. The van der Waals surface area contributed by atoms with Gasteiger partial charge in [0.05, 0.1) is 6.20 Å². The van der Waals surface area contributed by atoms with Gasteiger partial charge in [-0.2, -0.15) is 0 Å². The first-order chi connectivity index (χ1) is 3.39. The SMILES string of the molecule is O=C1C=CN=N[N]1. The third kappa shape index (κ3) is 0.819. The van der Waals surface area contributed by atoms with Gasteiger partial charge in [-0.05, 0) is 5.22 Å². The first-order valence-electron chi connectivity index (χ1n) is 1.71. The van der Waals surface area contributed by atoms with Crippen LogP contribution in [0.1, 0.15) is 0 Å². The number of hydrogen-bond donors (Lipinski definition) is 0. The van der Waals surface area contributed by atoms with Gasteiger partial charge in [0, 0.05) is 6.08 Å². The average Bonchev–Trinajstić information content (AvgIpc) is 1.69. The van der Waals surface area contributed by atoms with Gasteiger partial charge < -0.3 is 0 Å².